The van der Waals surface area contributed by atoms with Gasteiger partial charge in [-0.25, -0.2) is 14.4 Å². The van der Waals surface area contributed by atoms with Gasteiger partial charge in [0.25, 0.3) is 17.7 Å². The Morgan fingerprint density at radius 1 is 0.947 bits per heavy atom. The van der Waals surface area contributed by atoms with Crippen LogP contribution in [0.4, 0.5) is 23.2 Å². The maximum absolute atomic E-state index is 14.8. The molecule has 4 aliphatic heterocycles. The summed E-state index contributed by atoms with van der Waals surface area (Å²) in [7, 11) is 0. The number of hydrogen-bond donors (Lipinski definition) is 3. The number of carbonyl (C=O) groups excluding carboxylic acids is 5. The number of nitrogens with zero attached hydrogens (tertiary/aromatic N) is 9. The Hall–Kier alpha value is -6.41. The van der Waals surface area contributed by atoms with E-state index in [1.165, 1.54) is 27.0 Å². The monoisotopic (exact) mass is 1070 g/mol. The van der Waals surface area contributed by atoms with Crippen LogP contribution in [0.25, 0.3) is 10.4 Å². The predicted octanol–water partition coefficient (Wildman–Crippen LogP) is 6.38. The number of rotatable bonds is 14. The molecule has 76 heavy (non-hydrogen) atoms. The standard InChI is InChI=1S/C54H63F4N11O6S/c1-31-45(76-30-60-31)34-9-7-33(8-10-34)42(63-47(72)43-20-40(70)29-68(43)48(73)46(51(2,3)4)64-50(75)53(55)15-16-53)21-44(71)67-27-39(28-67)66-25-38(26-66)65-17-13-32(14-18-65)36-23-61-69(24-36)52(5,6)49(74)62-37-12-11-35(22-59)41(19-37)54(56,57)58/h7-12,19,23-24,30,32,38-40,42-43,70H,13-18,20-21,25-29H2,1-6H3,(H,62,74)(H,63,72)/b64-46-/t40-,42+,43+/m1/s1. The second-order valence-electron chi connectivity index (χ2n) is 22.5. The molecule has 5 fully saturated rings. The van der Waals surface area contributed by atoms with Crippen LogP contribution in [0.1, 0.15) is 113 Å². The number of halogens is 4. The number of carbonyl (C=O) groups is 5. The molecule has 0 bridgehead atoms. The predicted molar refractivity (Wildman–Crippen MR) is 274 cm³/mol. The number of nitrogens with one attached hydrogen (secondary N) is 2. The second kappa shape index (κ2) is 20.9. The van der Waals surface area contributed by atoms with E-state index in [0.29, 0.717) is 24.7 Å². The number of aliphatic hydroxyl groups is 1. The molecule has 404 valence electrons. The molecule has 3 N–H and O–H groups in total. The summed E-state index contributed by atoms with van der Waals surface area (Å²) in [5, 5.41) is 30.0. The number of hydrogen-bond acceptors (Lipinski definition) is 12. The van der Waals surface area contributed by atoms with Crippen molar-refractivity contribution >= 4 is 52.3 Å². The third-order valence-corrected chi connectivity index (χ3v) is 16.6. The number of aromatic nitrogens is 3. The molecule has 4 aromatic rings. The molecule has 1 saturated carbocycles. The fourth-order valence-corrected chi connectivity index (χ4v) is 11.3. The van der Waals surface area contributed by atoms with E-state index < -0.39 is 75.7 Å². The van der Waals surface area contributed by atoms with E-state index in [4.69, 9.17) is 5.26 Å². The third-order valence-electron chi connectivity index (χ3n) is 15.6. The molecular weight excluding hydrogens is 1010 g/mol. The van der Waals surface area contributed by atoms with Gasteiger partial charge in [-0.2, -0.15) is 23.5 Å². The Balaban J connectivity index is 0.781. The molecular formula is C54H63F4N11O6S. The zero-order valence-corrected chi connectivity index (χ0v) is 44.2. The number of amides is 5. The number of likely N-dealkylation sites (tertiary alicyclic amines) is 4. The summed E-state index contributed by atoms with van der Waals surface area (Å²) in [6, 6.07) is 10.8. The van der Waals surface area contributed by atoms with E-state index >= 15 is 0 Å². The molecule has 0 spiro atoms. The van der Waals surface area contributed by atoms with Crippen LogP contribution in [-0.2, 0) is 35.7 Å². The van der Waals surface area contributed by atoms with E-state index in [2.05, 4.69) is 35.5 Å². The minimum Gasteiger partial charge on any atom is -0.391 e. The highest BCUT2D eigenvalue weighted by Gasteiger charge is 2.52. The number of aliphatic hydroxyl groups excluding tert-OH is 1. The largest absolute Gasteiger partial charge is 0.417 e. The molecule has 2 aromatic heterocycles. The highest BCUT2D eigenvalue weighted by Crippen LogP contribution is 2.42. The summed E-state index contributed by atoms with van der Waals surface area (Å²) in [4.78, 5) is 85.8. The van der Waals surface area contributed by atoms with Crippen LogP contribution in [0.15, 0.2) is 65.4 Å². The molecule has 5 aliphatic rings. The Morgan fingerprint density at radius 2 is 1.62 bits per heavy atom. The van der Waals surface area contributed by atoms with Gasteiger partial charge in [-0.1, -0.05) is 45.0 Å². The number of piperidine rings is 1. The SMILES string of the molecule is Cc1ncsc1-c1ccc([C@H](CC(=O)N2CC(N3CC(N4CCC(c5cnn(C(C)(C)C(=O)Nc6ccc(C#N)c(C(F)(F)F)c6)c5)CC4)C3)C2)NC(=O)[C@@H]2C[C@@H](O)CN2C(=O)/C(=N/C(=O)C2(F)CC2)C(C)(C)C)cc1. The van der Waals surface area contributed by atoms with Gasteiger partial charge in [0.2, 0.25) is 11.8 Å². The first-order valence-corrected chi connectivity index (χ1v) is 26.6. The van der Waals surface area contributed by atoms with Gasteiger partial charge in [0.1, 0.15) is 17.3 Å². The van der Waals surface area contributed by atoms with Gasteiger partial charge >= 0.3 is 6.18 Å². The molecule has 17 nitrogen and oxygen atoms in total. The molecule has 6 heterocycles. The fourth-order valence-electron chi connectivity index (χ4n) is 10.5. The molecule has 2 aromatic carbocycles. The Bertz CT molecular complexity index is 2960. The lowest BCUT2D eigenvalue weighted by Gasteiger charge is -2.55. The van der Waals surface area contributed by atoms with E-state index in [1.807, 2.05) is 37.4 Å². The van der Waals surface area contributed by atoms with Crippen LogP contribution in [0.5, 0.6) is 0 Å². The van der Waals surface area contributed by atoms with Gasteiger partial charge in [-0.3, -0.25) is 38.5 Å². The van der Waals surface area contributed by atoms with Crippen LogP contribution < -0.4 is 10.6 Å². The van der Waals surface area contributed by atoms with Crippen molar-refractivity contribution in [3.05, 3.63) is 88.3 Å². The Morgan fingerprint density at radius 3 is 2.22 bits per heavy atom. The van der Waals surface area contributed by atoms with E-state index in [0.717, 1.165) is 72.9 Å². The normalized spacial score (nSPS) is 21.4. The number of anilines is 1. The minimum atomic E-state index is -4.76. The van der Waals surface area contributed by atoms with Gasteiger partial charge in [0.15, 0.2) is 5.67 Å². The fraction of sp³-hybridized carbons (Fsp3) is 0.537. The summed E-state index contributed by atoms with van der Waals surface area (Å²) in [5.74, 6) is -2.85. The molecule has 4 saturated heterocycles. The topological polar surface area (TPSA) is 209 Å². The number of benzene rings is 2. The zero-order chi connectivity index (χ0) is 54.6. The first-order valence-electron chi connectivity index (χ1n) is 25.7. The summed E-state index contributed by atoms with van der Waals surface area (Å²) in [5.41, 5.74) is -1.03. The summed E-state index contributed by atoms with van der Waals surface area (Å²) in [6.45, 7) is 14.5. The van der Waals surface area contributed by atoms with Crippen molar-refractivity contribution in [2.45, 2.75) is 134 Å². The average molecular weight is 1070 g/mol. The first kappa shape index (κ1) is 54.4. The lowest BCUT2D eigenvalue weighted by atomic mass is 9.88. The lowest BCUT2D eigenvalue weighted by Crippen LogP contribution is -2.70. The maximum Gasteiger partial charge on any atom is 0.417 e. The number of nitriles is 1. The second-order valence-corrected chi connectivity index (χ2v) is 23.3. The van der Waals surface area contributed by atoms with Crippen molar-refractivity contribution in [2.24, 2.45) is 10.4 Å². The number of β-amino-alcohol motifs (C(OH)–C–C–N with tert-alkyl or cyclic N) is 1. The van der Waals surface area contributed by atoms with Crippen LogP contribution in [0.2, 0.25) is 0 Å². The molecule has 0 radical (unpaired) electrons. The highest BCUT2D eigenvalue weighted by molar-refractivity contribution is 7.13. The van der Waals surface area contributed by atoms with Gasteiger partial charge in [0, 0.05) is 68.5 Å². The van der Waals surface area contributed by atoms with Crippen LogP contribution >= 0.6 is 11.3 Å². The van der Waals surface area contributed by atoms with Gasteiger partial charge in [0.05, 0.1) is 58.0 Å². The molecule has 3 atom stereocenters. The van der Waals surface area contributed by atoms with Crippen LogP contribution in [0.3, 0.4) is 0 Å². The molecule has 9 rings (SSSR count). The van der Waals surface area contributed by atoms with Crippen LogP contribution in [0, 0.1) is 23.7 Å². The average Bonchev–Trinajstić information content (AvgIpc) is 3.66. The van der Waals surface area contributed by atoms with Gasteiger partial charge < -0.3 is 25.5 Å². The first-order chi connectivity index (χ1) is 35.8. The number of thiazole rings is 1. The minimum absolute atomic E-state index is 0.0277. The summed E-state index contributed by atoms with van der Waals surface area (Å²) >= 11 is 1.50. The number of aliphatic imine (C=N–C) groups is 1. The molecule has 1 aliphatic carbocycles. The van der Waals surface area contributed by atoms with E-state index in [9.17, 15) is 46.6 Å². The summed E-state index contributed by atoms with van der Waals surface area (Å²) < 4.78 is 57.0. The smallest absolute Gasteiger partial charge is 0.391 e. The van der Waals surface area contributed by atoms with Crippen molar-refractivity contribution in [3.63, 3.8) is 0 Å². The number of alkyl halides is 4. The third kappa shape index (κ3) is 11.3. The highest BCUT2D eigenvalue weighted by atomic mass is 32.1. The molecule has 22 heteroatoms. The summed E-state index contributed by atoms with van der Waals surface area (Å²) in [6.07, 6.45) is -0.573. The van der Waals surface area contributed by atoms with Crippen molar-refractivity contribution in [1.29, 1.82) is 5.26 Å². The van der Waals surface area contributed by atoms with Crippen molar-refractivity contribution in [2.75, 3.05) is 51.1 Å². The molecule has 5 amide bonds. The van der Waals surface area contributed by atoms with Gasteiger partial charge in [-0.05, 0) is 100 Å². The van der Waals surface area contributed by atoms with Crippen molar-refractivity contribution in [1.82, 2.24) is 39.7 Å². The Kier molecular flexibility index (Phi) is 14.9. The van der Waals surface area contributed by atoms with Crippen molar-refractivity contribution in [3.8, 4) is 16.5 Å². The quantitative estimate of drug-likeness (QED) is 0.0933. The number of aryl methyl sites for hydroxylation is 1. The van der Waals surface area contributed by atoms with Crippen molar-refractivity contribution < 1.29 is 46.6 Å². The molecule has 0 unspecified atom stereocenters. The van der Waals surface area contributed by atoms with Gasteiger partial charge in [-0.15, -0.1) is 11.3 Å². The Labute approximate surface area is 442 Å². The van der Waals surface area contributed by atoms with Crippen LogP contribution in [-0.4, -0.2) is 150 Å². The maximum atomic E-state index is 14.8. The lowest BCUT2D eigenvalue weighted by molar-refractivity contribution is -0.143. The van der Waals surface area contributed by atoms with E-state index in [1.54, 1.807) is 57.3 Å². The van der Waals surface area contributed by atoms with E-state index in [-0.39, 0.29) is 61.5 Å². The zero-order valence-electron chi connectivity index (χ0n) is 43.4.